The van der Waals surface area contributed by atoms with E-state index in [2.05, 4.69) is 0 Å². The fourth-order valence-corrected chi connectivity index (χ4v) is 5.59. The Morgan fingerprint density at radius 2 is 1.28 bits per heavy atom. The number of hydrogen-bond donors (Lipinski definition) is 0. The molecular formula is C29H24FN3O2S. The fraction of sp³-hybridized carbons (Fsp3) is 0.0690. The third-order valence-electron chi connectivity index (χ3n) is 5.96. The van der Waals surface area contributed by atoms with Gasteiger partial charge in [-0.2, -0.15) is 0 Å². The molecule has 5 rings (SSSR count). The first-order valence-corrected chi connectivity index (χ1v) is 12.9. The number of benzene rings is 4. The van der Waals surface area contributed by atoms with Crippen LogP contribution < -0.4 is 4.31 Å². The second-order valence-electron chi connectivity index (χ2n) is 8.35. The van der Waals surface area contributed by atoms with E-state index in [0.717, 1.165) is 28.8 Å². The Balaban J connectivity index is 1.76. The van der Waals surface area contributed by atoms with Gasteiger partial charge in [0.2, 0.25) is 0 Å². The van der Waals surface area contributed by atoms with Crippen molar-refractivity contribution in [2.45, 2.75) is 11.4 Å². The summed E-state index contributed by atoms with van der Waals surface area (Å²) < 4.78 is 45.0. The third-order valence-corrected chi connectivity index (χ3v) is 7.71. The van der Waals surface area contributed by atoms with Crippen LogP contribution in [0.2, 0.25) is 0 Å². The second-order valence-corrected chi connectivity index (χ2v) is 10.2. The van der Waals surface area contributed by atoms with Crippen LogP contribution in [0.25, 0.3) is 22.6 Å². The lowest BCUT2D eigenvalue weighted by Gasteiger charge is -2.24. The summed E-state index contributed by atoms with van der Waals surface area (Å²) in [6, 6.07) is 33.5. The molecule has 0 saturated carbocycles. The van der Waals surface area contributed by atoms with Crippen molar-refractivity contribution >= 4 is 15.8 Å². The van der Waals surface area contributed by atoms with E-state index in [0.29, 0.717) is 17.3 Å². The van der Waals surface area contributed by atoms with Gasteiger partial charge in [0, 0.05) is 18.2 Å². The van der Waals surface area contributed by atoms with Crippen molar-refractivity contribution in [2.24, 2.45) is 7.05 Å². The van der Waals surface area contributed by atoms with Gasteiger partial charge in [0.05, 0.1) is 17.1 Å². The predicted octanol–water partition coefficient (Wildman–Crippen LogP) is 6.29. The Bertz CT molecular complexity index is 1570. The summed E-state index contributed by atoms with van der Waals surface area (Å²) >= 11 is 0. The highest BCUT2D eigenvalue weighted by Gasteiger charge is 2.32. The van der Waals surface area contributed by atoms with Gasteiger partial charge in [0.15, 0.2) is 5.82 Å². The van der Waals surface area contributed by atoms with Crippen LogP contribution in [0.5, 0.6) is 0 Å². The molecule has 7 heteroatoms. The maximum absolute atomic E-state index is 14.0. The minimum Gasteiger partial charge on any atom is -0.325 e. The molecule has 5 nitrogen and oxygen atoms in total. The number of rotatable bonds is 7. The number of imidazole rings is 1. The lowest BCUT2D eigenvalue weighted by molar-refractivity contribution is 0.589. The summed E-state index contributed by atoms with van der Waals surface area (Å²) in [6.07, 6.45) is 0. The molecule has 1 aromatic heterocycles. The van der Waals surface area contributed by atoms with Crippen molar-refractivity contribution in [2.75, 3.05) is 4.31 Å². The first-order valence-electron chi connectivity index (χ1n) is 11.4. The minimum absolute atomic E-state index is 0.00856. The number of sulfonamides is 1. The molecule has 0 spiro atoms. The quantitative estimate of drug-likeness (QED) is 0.266. The van der Waals surface area contributed by atoms with Crippen LogP contribution in [0.4, 0.5) is 10.2 Å². The summed E-state index contributed by atoms with van der Waals surface area (Å²) in [7, 11) is -2.21. The molecule has 0 aliphatic heterocycles. The molecule has 4 aromatic carbocycles. The van der Waals surface area contributed by atoms with E-state index >= 15 is 0 Å². The summed E-state index contributed by atoms with van der Waals surface area (Å²) in [5.74, 6) is 0.435. The SMILES string of the molecule is Cn1c(-c2ccccc2)nc(N(Cc2ccccc2)S(=O)(=O)c2ccc(F)cc2)c1-c1ccccc1. The standard InChI is InChI=1S/C29H24FN3O2S/c1-32-27(23-13-7-3-8-14-23)29(31-28(32)24-15-9-4-10-16-24)33(21-22-11-5-2-6-12-22)36(34,35)26-19-17-25(30)18-20-26/h2-20H,21H2,1H3. The normalized spacial score (nSPS) is 11.4. The molecule has 1 heterocycles. The summed E-state index contributed by atoms with van der Waals surface area (Å²) in [5.41, 5.74) is 3.16. The van der Waals surface area contributed by atoms with Crippen LogP contribution in [0.15, 0.2) is 120 Å². The average molecular weight is 498 g/mol. The maximum Gasteiger partial charge on any atom is 0.265 e. The highest BCUT2D eigenvalue weighted by Crippen LogP contribution is 2.38. The number of aromatic nitrogens is 2. The molecule has 0 bridgehead atoms. The zero-order valence-corrected chi connectivity index (χ0v) is 20.4. The molecule has 0 fully saturated rings. The maximum atomic E-state index is 14.0. The van der Waals surface area contributed by atoms with Crippen LogP contribution in [0.1, 0.15) is 5.56 Å². The number of anilines is 1. The average Bonchev–Trinajstić information content (AvgIpc) is 3.25. The van der Waals surface area contributed by atoms with Crippen LogP contribution in [0, 0.1) is 5.82 Å². The summed E-state index contributed by atoms with van der Waals surface area (Å²) in [6.45, 7) is 0.0611. The second kappa shape index (κ2) is 9.79. The Kier molecular flexibility index (Phi) is 6.40. The molecule has 0 atom stereocenters. The van der Waals surface area contributed by atoms with Gasteiger partial charge in [-0.15, -0.1) is 0 Å². The molecule has 0 N–H and O–H groups in total. The van der Waals surface area contributed by atoms with Crippen molar-refractivity contribution < 1.29 is 12.8 Å². The zero-order valence-electron chi connectivity index (χ0n) is 19.6. The molecule has 0 amide bonds. The van der Waals surface area contributed by atoms with Crippen LogP contribution in [-0.2, 0) is 23.6 Å². The number of hydrogen-bond acceptors (Lipinski definition) is 3. The smallest absolute Gasteiger partial charge is 0.265 e. The van der Waals surface area contributed by atoms with Gasteiger partial charge in [-0.3, -0.25) is 0 Å². The number of halogens is 1. The molecule has 0 radical (unpaired) electrons. The first kappa shape index (κ1) is 23.5. The van der Waals surface area contributed by atoms with Crippen LogP contribution >= 0.6 is 0 Å². The van der Waals surface area contributed by atoms with Gasteiger partial charge in [0.25, 0.3) is 10.0 Å². The van der Waals surface area contributed by atoms with Crippen LogP contribution in [-0.4, -0.2) is 18.0 Å². The van der Waals surface area contributed by atoms with E-state index in [1.807, 2.05) is 103 Å². The van der Waals surface area contributed by atoms with E-state index in [9.17, 15) is 12.8 Å². The van der Waals surface area contributed by atoms with Gasteiger partial charge in [0.1, 0.15) is 11.6 Å². The lowest BCUT2D eigenvalue weighted by atomic mass is 10.1. The highest BCUT2D eigenvalue weighted by atomic mass is 32.2. The Labute approximate surface area is 210 Å². The van der Waals surface area contributed by atoms with E-state index < -0.39 is 15.8 Å². The Hall–Kier alpha value is -4.23. The molecule has 180 valence electrons. The number of nitrogens with zero attached hydrogens (tertiary/aromatic N) is 3. The van der Waals surface area contributed by atoms with Gasteiger partial charge in [-0.25, -0.2) is 22.1 Å². The summed E-state index contributed by atoms with van der Waals surface area (Å²) in [5, 5.41) is 0. The van der Waals surface area contributed by atoms with E-state index in [1.165, 1.54) is 16.4 Å². The van der Waals surface area contributed by atoms with Crippen molar-refractivity contribution in [1.29, 1.82) is 0 Å². The van der Waals surface area contributed by atoms with Gasteiger partial charge < -0.3 is 4.57 Å². The topological polar surface area (TPSA) is 55.2 Å². The first-order chi connectivity index (χ1) is 17.4. The zero-order chi connectivity index (χ0) is 25.1. The lowest BCUT2D eigenvalue weighted by Crippen LogP contribution is -2.31. The van der Waals surface area contributed by atoms with Gasteiger partial charge in [-0.1, -0.05) is 91.0 Å². The van der Waals surface area contributed by atoms with Crippen molar-refractivity contribution in [3.05, 3.63) is 127 Å². The summed E-state index contributed by atoms with van der Waals surface area (Å²) in [4.78, 5) is 4.89. The molecule has 0 saturated heterocycles. The van der Waals surface area contributed by atoms with Crippen LogP contribution in [0.3, 0.4) is 0 Å². The highest BCUT2D eigenvalue weighted by molar-refractivity contribution is 7.92. The van der Waals surface area contributed by atoms with E-state index in [1.54, 1.807) is 0 Å². The van der Waals surface area contributed by atoms with Gasteiger partial charge in [-0.05, 0) is 29.8 Å². The third kappa shape index (κ3) is 4.53. The van der Waals surface area contributed by atoms with E-state index in [4.69, 9.17) is 4.98 Å². The molecular weight excluding hydrogens is 473 g/mol. The molecule has 0 aliphatic rings. The molecule has 0 unspecified atom stereocenters. The molecule has 0 aliphatic carbocycles. The van der Waals surface area contributed by atoms with Gasteiger partial charge >= 0.3 is 0 Å². The molecule has 36 heavy (non-hydrogen) atoms. The van der Waals surface area contributed by atoms with Crippen molar-refractivity contribution in [1.82, 2.24) is 9.55 Å². The Morgan fingerprint density at radius 3 is 1.86 bits per heavy atom. The van der Waals surface area contributed by atoms with Crippen molar-refractivity contribution in [3.8, 4) is 22.6 Å². The Morgan fingerprint density at radius 1 is 0.750 bits per heavy atom. The largest absolute Gasteiger partial charge is 0.325 e. The molecule has 5 aromatic rings. The fourth-order valence-electron chi connectivity index (χ4n) is 4.18. The monoisotopic (exact) mass is 497 g/mol. The predicted molar refractivity (Wildman–Crippen MR) is 140 cm³/mol. The van der Waals surface area contributed by atoms with E-state index in [-0.39, 0.29) is 11.4 Å². The van der Waals surface area contributed by atoms with Crippen molar-refractivity contribution in [3.63, 3.8) is 0 Å². The minimum atomic E-state index is -4.09.